The molecule has 0 aliphatic carbocycles. The van der Waals surface area contributed by atoms with Gasteiger partial charge in [-0.2, -0.15) is 5.10 Å². The fraction of sp³-hybridized carbons (Fsp3) is 0.154. The molecule has 0 saturated carbocycles. The number of rotatable bonds is 7. The second-order valence-corrected chi connectivity index (χ2v) is 7.85. The summed E-state index contributed by atoms with van der Waals surface area (Å²) < 4.78 is 48.3. The van der Waals surface area contributed by atoms with Crippen LogP contribution >= 0.6 is 0 Å². The lowest BCUT2D eigenvalue weighted by molar-refractivity contribution is -0.116. The predicted molar refractivity (Wildman–Crippen MR) is 123 cm³/mol. The summed E-state index contributed by atoms with van der Waals surface area (Å²) in [6.07, 6.45) is 0.336. The van der Waals surface area contributed by atoms with Gasteiger partial charge in [0.05, 0.1) is 11.4 Å². The minimum absolute atomic E-state index is 0.0833. The van der Waals surface area contributed by atoms with Gasteiger partial charge >= 0.3 is 0 Å². The Labute approximate surface area is 194 Å². The van der Waals surface area contributed by atoms with Crippen LogP contribution in [-0.2, 0) is 11.2 Å². The van der Waals surface area contributed by atoms with Crippen molar-refractivity contribution in [3.63, 3.8) is 0 Å². The number of nitrogens with one attached hydrogen (secondary N) is 1. The van der Waals surface area contributed by atoms with E-state index in [4.69, 9.17) is 4.74 Å². The van der Waals surface area contributed by atoms with Gasteiger partial charge in [-0.05, 0) is 74.4 Å². The highest BCUT2D eigenvalue weighted by atomic mass is 19.1. The molecule has 4 rings (SSSR count). The number of halogens is 3. The molecule has 0 bridgehead atoms. The zero-order valence-corrected chi connectivity index (χ0v) is 18.6. The quantitative estimate of drug-likeness (QED) is 0.350. The Morgan fingerprint density at radius 2 is 1.71 bits per heavy atom. The first kappa shape index (κ1) is 23.1. The summed E-state index contributed by atoms with van der Waals surface area (Å²) in [6, 6.07) is 16.0. The summed E-state index contributed by atoms with van der Waals surface area (Å²) in [4.78, 5) is 12.5. The van der Waals surface area contributed by atoms with Crippen LogP contribution in [0.1, 0.15) is 23.2 Å². The molecule has 0 fully saturated rings. The van der Waals surface area contributed by atoms with E-state index < -0.39 is 17.5 Å². The molecule has 1 aromatic heterocycles. The van der Waals surface area contributed by atoms with Gasteiger partial charge in [-0.1, -0.05) is 12.1 Å². The number of amides is 1. The maximum Gasteiger partial charge on any atom is 0.226 e. The standard InChI is InChI=1S/C26H22F3N3O2/c1-16-4-3-5-21(14-16)32-26(34-24-12-8-19(28)15-23(24)29)22(17(2)31-32)11-13-25(33)30-20-9-6-18(27)7-10-20/h3-10,12,14-15H,11,13H2,1-2H3,(H,30,33). The zero-order valence-electron chi connectivity index (χ0n) is 18.6. The van der Waals surface area contributed by atoms with Crippen molar-refractivity contribution in [3.05, 3.63) is 101 Å². The molecule has 1 heterocycles. The molecule has 1 N–H and O–H groups in total. The lowest BCUT2D eigenvalue weighted by atomic mass is 10.1. The molecule has 0 spiro atoms. The number of hydrogen-bond acceptors (Lipinski definition) is 3. The van der Waals surface area contributed by atoms with Crippen molar-refractivity contribution in [2.24, 2.45) is 0 Å². The van der Waals surface area contributed by atoms with Gasteiger partial charge in [-0.25, -0.2) is 17.9 Å². The van der Waals surface area contributed by atoms with Crippen LogP contribution in [0.5, 0.6) is 11.6 Å². The smallest absolute Gasteiger partial charge is 0.226 e. The molecule has 8 heteroatoms. The fourth-order valence-electron chi connectivity index (χ4n) is 3.52. The van der Waals surface area contributed by atoms with Gasteiger partial charge in [0, 0.05) is 23.7 Å². The van der Waals surface area contributed by atoms with E-state index in [1.807, 2.05) is 31.2 Å². The molecular weight excluding hydrogens is 443 g/mol. The van der Waals surface area contributed by atoms with E-state index in [9.17, 15) is 18.0 Å². The number of ether oxygens (including phenoxy) is 1. The highest BCUT2D eigenvalue weighted by Crippen LogP contribution is 2.33. The summed E-state index contributed by atoms with van der Waals surface area (Å²) in [5, 5.41) is 7.27. The number of nitrogens with zero attached hydrogens (tertiary/aromatic N) is 2. The average molecular weight is 465 g/mol. The van der Waals surface area contributed by atoms with E-state index in [0.717, 1.165) is 17.7 Å². The van der Waals surface area contributed by atoms with Crippen molar-refractivity contribution in [2.45, 2.75) is 26.7 Å². The first-order valence-electron chi connectivity index (χ1n) is 10.6. The molecule has 0 atom stereocenters. The fourth-order valence-corrected chi connectivity index (χ4v) is 3.52. The Kier molecular flexibility index (Phi) is 6.67. The summed E-state index contributed by atoms with van der Waals surface area (Å²) >= 11 is 0. The summed E-state index contributed by atoms with van der Waals surface area (Å²) in [7, 11) is 0. The van der Waals surface area contributed by atoms with Gasteiger partial charge in [0.15, 0.2) is 11.6 Å². The number of aryl methyl sites for hydroxylation is 2. The Hall–Kier alpha value is -4.07. The molecule has 174 valence electrons. The summed E-state index contributed by atoms with van der Waals surface area (Å²) in [6.45, 7) is 3.70. The van der Waals surface area contributed by atoms with Gasteiger partial charge < -0.3 is 10.1 Å². The van der Waals surface area contributed by atoms with Crippen molar-refractivity contribution in [1.82, 2.24) is 9.78 Å². The van der Waals surface area contributed by atoms with E-state index in [1.54, 1.807) is 11.6 Å². The Balaban J connectivity index is 1.64. The van der Waals surface area contributed by atoms with E-state index in [-0.39, 0.29) is 30.4 Å². The summed E-state index contributed by atoms with van der Waals surface area (Å²) in [5.41, 5.74) is 3.38. The minimum Gasteiger partial charge on any atom is -0.436 e. The SMILES string of the molecule is Cc1cccc(-n2nc(C)c(CCC(=O)Nc3ccc(F)cc3)c2Oc2ccc(F)cc2F)c1. The molecule has 0 saturated heterocycles. The van der Waals surface area contributed by atoms with E-state index >= 15 is 0 Å². The van der Waals surface area contributed by atoms with E-state index in [2.05, 4.69) is 10.4 Å². The highest BCUT2D eigenvalue weighted by Gasteiger charge is 2.21. The van der Waals surface area contributed by atoms with E-state index in [1.165, 1.54) is 30.3 Å². The minimum atomic E-state index is -0.852. The van der Waals surface area contributed by atoms with Crippen LogP contribution in [0.15, 0.2) is 66.7 Å². The average Bonchev–Trinajstić information content (AvgIpc) is 3.11. The van der Waals surface area contributed by atoms with E-state index in [0.29, 0.717) is 22.6 Å². The van der Waals surface area contributed by atoms with Crippen LogP contribution in [0.3, 0.4) is 0 Å². The molecule has 4 aromatic rings. The van der Waals surface area contributed by atoms with Crippen molar-refractivity contribution >= 4 is 11.6 Å². The lowest BCUT2D eigenvalue weighted by Gasteiger charge is -2.12. The largest absolute Gasteiger partial charge is 0.436 e. The van der Waals surface area contributed by atoms with Crippen LogP contribution in [0, 0.1) is 31.3 Å². The number of carbonyl (C=O) groups excluding carboxylic acids is 1. The Morgan fingerprint density at radius 3 is 2.41 bits per heavy atom. The van der Waals surface area contributed by atoms with Crippen LogP contribution in [-0.4, -0.2) is 15.7 Å². The first-order chi connectivity index (χ1) is 16.3. The number of hydrogen-bond donors (Lipinski definition) is 1. The molecule has 0 aliphatic heterocycles. The molecule has 0 aliphatic rings. The lowest BCUT2D eigenvalue weighted by Crippen LogP contribution is -2.12. The van der Waals surface area contributed by atoms with Crippen LogP contribution in [0.2, 0.25) is 0 Å². The van der Waals surface area contributed by atoms with Crippen molar-refractivity contribution in [3.8, 4) is 17.3 Å². The molecule has 5 nitrogen and oxygen atoms in total. The number of aromatic nitrogens is 2. The number of anilines is 1. The zero-order chi connectivity index (χ0) is 24.2. The second kappa shape index (κ2) is 9.82. The normalized spacial score (nSPS) is 10.9. The topological polar surface area (TPSA) is 56.2 Å². The van der Waals surface area contributed by atoms with Crippen molar-refractivity contribution in [1.29, 1.82) is 0 Å². The van der Waals surface area contributed by atoms with Gasteiger partial charge in [0.1, 0.15) is 11.6 Å². The molecule has 0 radical (unpaired) electrons. The maximum absolute atomic E-state index is 14.4. The molecule has 1 amide bonds. The molecule has 0 unspecified atom stereocenters. The Bertz CT molecular complexity index is 1330. The molecule has 3 aromatic carbocycles. The van der Waals surface area contributed by atoms with Gasteiger partial charge in [-0.3, -0.25) is 4.79 Å². The first-order valence-corrected chi connectivity index (χ1v) is 10.6. The summed E-state index contributed by atoms with van der Waals surface area (Å²) in [5.74, 6) is -2.17. The van der Waals surface area contributed by atoms with Gasteiger partial charge in [-0.15, -0.1) is 0 Å². The van der Waals surface area contributed by atoms with Gasteiger partial charge in [0.25, 0.3) is 0 Å². The van der Waals surface area contributed by atoms with Crippen LogP contribution < -0.4 is 10.1 Å². The van der Waals surface area contributed by atoms with Crippen LogP contribution in [0.4, 0.5) is 18.9 Å². The number of carbonyl (C=O) groups is 1. The maximum atomic E-state index is 14.4. The third-order valence-corrected chi connectivity index (χ3v) is 5.21. The molecular formula is C26H22F3N3O2. The third-order valence-electron chi connectivity index (χ3n) is 5.21. The third kappa shape index (κ3) is 5.28. The highest BCUT2D eigenvalue weighted by molar-refractivity contribution is 5.90. The monoisotopic (exact) mass is 465 g/mol. The van der Waals surface area contributed by atoms with Crippen molar-refractivity contribution in [2.75, 3.05) is 5.32 Å². The molecule has 34 heavy (non-hydrogen) atoms. The predicted octanol–water partition coefficient (Wildman–Crippen LogP) is 6.27. The van der Waals surface area contributed by atoms with Crippen molar-refractivity contribution < 1.29 is 22.7 Å². The Morgan fingerprint density at radius 1 is 0.971 bits per heavy atom. The number of benzene rings is 3. The van der Waals surface area contributed by atoms with Gasteiger partial charge in [0.2, 0.25) is 11.8 Å². The van der Waals surface area contributed by atoms with Crippen LogP contribution in [0.25, 0.3) is 5.69 Å². The second-order valence-electron chi connectivity index (χ2n) is 7.85.